The van der Waals surface area contributed by atoms with Crippen molar-refractivity contribution in [2.75, 3.05) is 11.0 Å². The van der Waals surface area contributed by atoms with Crippen molar-refractivity contribution in [2.45, 2.75) is 9.79 Å². The minimum absolute atomic E-state index is 0.0405. The Kier molecular flexibility index (Phi) is 4.86. The number of halogens is 2. The van der Waals surface area contributed by atoms with Gasteiger partial charge in [-0.25, -0.2) is 8.42 Å². The summed E-state index contributed by atoms with van der Waals surface area (Å²) in [5, 5.41) is 0.440. The van der Waals surface area contributed by atoms with Crippen molar-refractivity contribution < 1.29 is 8.42 Å². The third kappa shape index (κ3) is 3.61. The van der Waals surface area contributed by atoms with E-state index in [1.807, 2.05) is 12.3 Å². The molecule has 0 spiro atoms. The van der Waals surface area contributed by atoms with Crippen LogP contribution in [0.25, 0.3) is 0 Å². The molecule has 0 amide bonds. The molecule has 0 atom stereocenters. The van der Waals surface area contributed by atoms with Crippen LogP contribution in [-0.2, 0) is 10.0 Å². The van der Waals surface area contributed by atoms with Gasteiger partial charge in [0.05, 0.1) is 5.02 Å². The first-order valence-corrected chi connectivity index (χ1v) is 9.01. The predicted octanol–water partition coefficient (Wildman–Crippen LogP) is 4.52. The molecule has 3 nitrogen and oxygen atoms in total. The van der Waals surface area contributed by atoms with E-state index >= 15 is 0 Å². The molecular formula is C13H11Cl2NO2S2. The van der Waals surface area contributed by atoms with Gasteiger partial charge in [0.25, 0.3) is 10.0 Å². The molecule has 2 aromatic carbocycles. The van der Waals surface area contributed by atoms with E-state index in [0.717, 1.165) is 4.90 Å². The summed E-state index contributed by atoms with van der Waals surface area (Å²) in [6, 6.07) is 11.4. The van der Waals surface area contributed by atoms with Crippen LogP contribution in [0.3, 0.4) is 0 Å². The molecule has 0 saturated carbocycles. The molecule has 106 valence electrons. The minimum atomic E-state index is -3.77. The molecule has 20 heavy (non-hydrogen) atoms. The number of hydrogen-bond acceptors (Lipinski definition) is 3. The van der Waals surface area contributed by atoms with Crippen LogP contribution in [0.1, 0.15) is 0 Å². The molecule has 0 unspecified atom stereocenters. The SMILES string of the molecule is CSc1cccc(NS(=O)(=O)c2cc(Cl)ccc2Cl)c1. The second-order valence-electron chi connectivity index (χ2n) is 3.91. The molecule has 7 heteroatoms. The largest absolute Gasteiger partial charge is 0.280 e. The average Bonchev–Trinajstić information content (AvgIpc) is 2.41. The van der Waals surface area contributed by atoms with E-state index in [0.29, 0.717) is 10.7 Å². The summed E-state index contributed by atoms with van der Waals surface area (Å²) in [6.07, 6.45) is 1.92. The second-order valence-corrected chi connectivity index (χ2v) is 7.29. The van der Waals surface area contributed by atoms with Crippen molar-refractivity contribution in [3.63, 3.8) is 0 Å². The maximum Gasteiger partial charge on any atom is 0.263 e. The topological polar surface area (TPSA) is 46.2 Å². The standard InChI is InChI=1S/C13H11Cl2NO2S2/c1-19-11-4-2-3-10(8-11)16-20(17,18)13-7-9(14)5-6-12(13)15/h2-8,16H,1H3. The number of hydrogen-bond donors (Lipinski definition) is 1. The summed E-state index contributed by atoms with van der Waals surface area (Å²) in [7, 11) is -3.77. The molecular weight excluding hydrogens is 337 g/mol. The fourth-order valence-electron chi connectivity index (χ4n) is 1.58. The number of anilines is 1. The molecule has 0 bridgehead atoms. The summed E-state index contributed by atoms with van der Waals surface area (Å²) in [5.41, 5.74) is 0.480. The molecule has 2 rings (SSSR count). The van der Waals surface area contributed by atoms with E-state index in [9.17, 15) is 8.42 Å². The zero-order valence-corrected chi connectivity index (χ0v) is 13.6. The molecule has 1 N–H and O–H groups in total. The predicted molar refractivity (Wildman–Crippen MR) is 85.5 cm³/mol. The van der Waals surface area contributed by atoms with Crippen molar-refractivity contribution in [1.82, 2.24) is 0 Å². The Morgan fingerprint density at radius 1 is 1.10 bits per heavy atom. The van der Waals surface area contributed by atoms with Crippen molar-refractivity contribution in [3.05, 3.63) is 52.5 Å². The normalized spacial score (nSPS) is 11.3. The van der Waals surface area contributed by atoms with Gasteiger partial charge in [0.1, 0.15) is 4.90 Å². The highest BCUT2D eigenvalue weighted by Gasteiger charge is 2.18. The van der Waals surface area contributed by atoms with Crippen molar-refractivity contribution >= 4 is 50.7 Å². The van der Waals surface area contributed by atoms with Gasteiger partial charge in [-0.2, -0.15) is 0 Å². The van der Waals surface area contributed by atoms with Crippen molar-refractivity contribution in [2.24, 2.45) is 0 Å². The van der Waals surface area contributed by atoms with Gasteiger partial charge >= 0.3 is 0 Å². The summed E-state index contributed by atoms with van der Waals surface area (Å²) < 4.78 is 27.1. The third-order valence-corrected chi connectivity index (χ3v) is 5.33. The van der Waals surface area contributed by atoms with E-state index < -0.39 is 10.0 Å². The lowest BCUT2D eigenvalue weighted by atomic mass is 10.3. The number of thioether (sulfide) groups is 1. The van der Waals surface area contributed by atoms with Gasteiger partial charge in [0.2, 0.25) is 0 Å². The fourth-order valence-corrected chi connectivity index (χ4v) is 3.85. The first kappa shape index (κ1) is 15.5. The Morgan fingerprint density at radius 2 is 1.85 bits per heavy atom. The maximum absolute atomic E-state index is 12.3. The Balaban J connectivity index is 2.38. The van der Waals surface area contributed by atoms with E-state index in [4.69, 9.17) is 23.2 Å². The zero-order chi connectivity index (χ0) is 14.8. The van der Waals surface area contributed by atoms with Crippen LogP contribution >= 0.6 is 35.0 Å². The van der Waals surface area contributed by atoms with E-state index in [2.05, 4.69) is 4.72 Å². The highest BCUT2D eigenvalue weighted by atomic mass is 35.5. The number of rotatable bonds is 4. The van der Waals surface area contributed by atoms with Gasteiger partial charge < -0.3 is 0 Å². The van der Waals surface area contributed by atoms with Crippen LogP contribution in [0.15, 0.2) is 52.3 Å². The number of sulfonamides is 1. The van der Waals surface area contributed by atoms with Crippen LogP contribution < -0.4 is 4.72 Å². The van der Waals surface area contributed by atoms with E-state index in [1.54, 1.807) is 18.2 Å². The Morgan fingerprint density at radius 3 is 2.55 bits per heavy atom. The Hall–Kier alpha value is -0.880. The average molecular weight is 348 g/mol. The maximum atomic E-state index is 12.3. The Bertz CT molecular complexity index is 733. The molecule has 0 aliphatic heterocycles. The van der Waals surface area contributed by atoms with Crippen LogP contribution in [0.4, 0.5) is 5.69 Å². The van der Waals surface area contributed by atoms with E-state index in [1.165, 1.54) is 30.0 Å². The van der Waals surface area contributed by atoms with Crippen LogP contribution in [0.2, 0.25) is 10.0 Å². The van der Waals surface area contributed by atoms with Gasteiger partial charge in [0, 0.05) is 15.6 Å². The highest BCUT2D eigenvalue weighted by Crippen LogP contribution is 2.27. The zero-order valence-electron chi connectivity index (χ0n) is 10.4. The summed E-state index contributed by atoms with van der Waals surface area (Å²) in [5.74, 6) is 0. The molecule has 0 radical (unpaired) electrons. The lowest BCUT2D eigenvalue weighted by Gasteiger charge is -2.10. The lowest BCUT2D eigenvalue weighted by Crippen LogP contribution is -2.13. The van der Waals surface area contributed by atoms with Crippen LogP contribution in [0.5, 0.6) is 0 Å². The van der Waals surface area contributed by atoms with Gasteiger partial charge in [-0.15, -0.1) is 11.8 Å². The summed E-state index contributed by atoms with van der Waals surface area (Å²) in [4.78, 5) is 0.920. The third-order valence-electron chi connectivity index (χ3n) is 2.50. The summed E-state index contributed by atoms with van der Waals surface area (Å²) in [6.45, 7) is 0. The molecule has 0 fully saturated rings. The molecule has 0 saturated heterocycles. The molecule has 0 aromatic heterocycles. The molecule has 0 heterocycles. The molecule has 0 aliphatic rings. The van der Waals surface area contributed by atoms with Gasteiger partial charge in [-0.05, 0) is 42.7 Å². The quantitative estimate of drug-likeness (QED) is 0.827. The van der Waals surface area contributed by atoms with Crippen molar-refractivity contribution in [1.29, 1.82) is 0 Å². The smallest absolute Gasteiger partial charge is 0.263 e. The minimum Gasteiger partial charge on any atom is -0.280 e. The van der Waals surface area contributed by atoms with Gasteiger partial charge in [0.15, 0.2) is 0 Å². The monoisotopic (exact) mass is 347 g/mol. The number of benzene rings is 2. The Labute approximate surface area is 132 Å². The lowest BCUT2D eigenvalue weighted by molar-refractivity contribution is 0.601. The molecule has 0 aliphatic carbocycles. The number of nitrogens with one attached hydrogen (secondary N) is 1. The van der Waals surface area contributed by atoms with Crippen LogP contribution in [0, 0.1) is 0 Å². The highest BCUT2D eigenvalue weighted by molar-refractivity contribution is 7.98. The van der Waals surface area contributed by atoms with Gasteiger partial charge in [-0.1, -0.05) is 29.3 Å². The van der Waals surface area contributed by atoms with E-state index in [-0.39, 0.29) is 9.92 Å². The van der Waals surface area contributed by atoms with Crippen molar-refractivity contribution in [3.8, 4) is 0 Å². The summed E-state index contributed by atoms with van der Waals surface area (Å²) >= 11 is 13.3. The van der Waals surface area contributed by atoms with Gasteiger partial charge in [-0.3, -0.25) is 4.72 Å². The second kappa shape index (κ2) is 6.26. The first-order chi connectivity index (χ1) is 9.42. The molecule has 2 aromatic rings. The first-order valence-electron chi connectivity index (χ1n) is 5.54. The van der Waals surface area contributed by atoms with Crippen LogP contribution in [-0.4, -0.2) is 14.7 Å². The fraction of sp³-hybridized carbons (Fsp3) is 0.0769.